The number of aromatic hydroxyl groups is 1. The van der Waals surface area contributed by atoms with Gasteiger partial charge in [0.15, 0.2) is 21.3 Å². The average molecular weight is 274 g/mol. The highest BCUT2D eigenvalue weighted by molar-refractivity contribution is 7.91. The minimum Gasteiger partial charge on any atom is -0.504 e. The van der Waals surface area contributed by atoms with Crippen LogP contribution in [0.25, 0.3) is 0 Å². The van der Waals surface area contributed by atoms with Gasteiger partial charge in [-0.15, -0.1) is 0 Å². The van der Waals surface area contributed by atoms with Crippen molar-refractivity contribution < 1.29 is 23.4 Å². The average Bonchev–Trinajstić information content (AvgIpc) is 2.58. The molecule has 18 heavy (non-hydrogen) atoms. The van der Waals surface area contributed by atoms with Crippen LogP contribution in [0.3, 0.4) is 0 Å². The van der Waals surface area contributed by atoms with E-state index < -0.39 is 21.6 Å². The number of rotatable bonds is 3. The molecule has 0 saturated carbocycles. The molecule has 1 saturated heterocycles. The van der Waals surface area contributed by atoms with E-state index in [1.807, 2.05) is 0 Å². The zero-order valence-corrected chi connectivity index (χ0v) is 10.4. The third-order valence-electron chi connectivity index (χ3n) is 3.01. The van der Waals surface area contributed by atoms with Gasteiger partial charge in [-0.3, -0.25) is 4.68 Å². The predicted octanol–water partition coefficient (Wildman–Crippen LogP) is 0.112. The molecule has 2 N–H and O–H groups in total. The number of aromatic nitrogens is 2. The van der Waals surface area contributed by atoms with Crippen molar-refractivity contribution in [3.63, 3.8) is 0 Å². The second kappa shape index (κ2) is 4.60. The van der Waals surface area contributed by atoms with Crippen molar-refractivity contribution in [2.24, 2.45) is 5.92 Å². The van der Waals surface area contributed by atoms with Crippen LogP contribution in [-0.2, 0) is 16.4 Å². The molecule has 0 radical (unpaired) electrons. The lowest BCUT2D eigenvalue weighted by molar-refractivity contribution is 0.0678. The fourth-order valence-electron chi connectivity index (χ4n) is 2.24. The number of sulfone groups is 1. The summed E-state index contributed by atoms with van der Waals surface area (Å²) >= 11 is 0. The van der Waals surface area contributed by atoms with Gasteiger partial charge in [0.05, 0.1) is 17.7 Å². The first-order valence-corrected chi connectivity index (χ1v) is 7.39. The van der Waals surface area contributed by atoms with Crippen LogP contribution in [0, 0.1) is 5.92 Å². The number of nitrogens with zero attached hydrogens (tertiary/aromatic N) is 2. The van der Waals surface area contributed by atoms with E-state index in [-0.39, 0.29) is 29.7 Å². The maximum Gasteiger partial charge on any atom is 0.358 e. The molecule has 100 valence electrons. The van der Waals surface area contributed by atoms with E-state index >= 15 is 0 Å². The van der Waals surface area contributed by atoms with Crippen LogP contribution in [0.1, 0.15) is 23.3 Å². The summed E-state index contributed by atoms with van der Waals surface area (Å²) in [5, 5.41) is 22.0. The molecule has 8 heteroatoms. The van der Waals surface area contributed by atoms with Crippen molar-refractivity contribution in [2.45, 2.75) is 19.4 Å². The van der Waals surface area contributed by atoms with Crippen LogP contribution in [0.5, 0.6) is 5.75 Å². The first-order chi connectivity index (χ1) is 8.39. The van der Waals surface area contributed by atoms with Crippen molar-refractivity contribution in [1.29, 1.82) is 0 Å². The van der Waals surface area contributed by atoms with E-state index in [1.54, 1.807) is 0 Å². The molecule has 7 nitrogen and oxygen atoms in total. The van der Waals surface area contributed by atoms with Crippen LogP contribution >= 0.6 is 0 Å². The Labute approximate surface area is 104 Å². The van der Waals surface area contributed by atoms with E-state index in [0.717, 1.165) is 17.3 Å². The molecule has 2 rings (SSSR count). The van der Waals surface area contributed by atoms with Gasteiger partial charge in [-0.25, -0.2) is 13.2 Å². The van der Waals surface area contributed by atoms with Crippen molar-refractivity contribution >= 4 is 15.8 Å². The standard InChI is InChI=1S/C10H14N2O5S/c13-8-4-11-12(9(8)10(14)15)5-7-2-1-3-18(16,17)6-7/h4,7,13H,1-3,5-6H2,(H,14,15). The van der Waals surface area contributed by atoms with E-state index in [4.69, 9.17) is 5.11 Å². The molecule has 0 spiro atoms. The zero-order chi connectivity index (χ0) is 13.3. The van der Waals surface area contributed by atoms with Gasteiger partial charge in [-0.2, -0.15) is 5.10 Å². The lowest BCUT2D eigenvalue weighted by Crippen LogP contribution is -2.29. The Morgan fingerprint density at radius 3 is 2.89 bits per heavy atom. The van der Waals surface area contributed by atoms with Crippen LogP contribution in [-0.4, -0.2) is 45.9 Å². The van der Waals surface area contributed by atoms with Crippen molar-refractivity contribution in [1.82, 2.24) is 9.78 Å². The fourth-order valence-corrected chi connectivity index (χ4v) is 4.00. The summed E-state index contributed by atoms with van der Waals surface area (Å²) in [6.45, 7) is 0.196. The van der Waals surface area contributed by atoms with Gasteiger partial charge in [0.1, 0.15) is 0 Å². The summed E-state index contributed by atoms with van der Waals surface area (Å²) in [4.78, 5) is 10.9. The molecule has 0 aromatic carbocycles. The van der Waals surface area contributed by atoms with Gasteiger partial charge < -0.3 is 10.2 Å². The predicted molar refractivity (Wildman–Crippen MR) is 62.2 cm³/mol. The Hall–Kier alpha value is -1.57. The highest BCUT2D eigenvalue weighted by Crippen LogP contribution is 2.23. The van der Waals surface area contributed by atoms with E-state index in [0.29, 0.717) is 6.42 Å². The van der Waals surface area contributed by atoms with Crippen LogP contribution < -0.4 is 0 Å². The highest BCUT2D eigenvalue weighted by atomic mass is 32.2. The number of carboxylic acids is 1. The summed E-state index contributed by atoms with van der Waals surface area (Å²) in [5.41, 5.74) is -0.294. The van der Waals surface area contributed by atoms with Gasteiger partial charge in [-0.05, 0) is 18.8 Å². The van der Waals surface area contributed by atoms with Crippen molar-refractivity contribution in [3.05, 3.63) is 11.9 Å². The van der Waals surface area contributed by atoms with Crippen molar-refractivity contribution in [3.8, 4) is 5.75 Å². The SMILES string of the molecule is O=C(O)c1c(O)cnn1CC1CCCS(=O)(=O)C1. The highest BCUT2D eigenvalue weighted by Gasteiger charge is 2.27. The molecule has 1 atom stereocenters. The van der Waals surface area contributed by atoms with Gasteiger partial charge >= 0.3 is 5.97 Å². The number of hydrogen-bond acceptors (Lipinski definition) is 5. The molecule has 0 aliphatic carbocycles. The molecule has 1 aromatic rings. The lowest BCUT2D eigenvalue weighted by Gasteiger charge is -2.22. The zero-order valence-electron chi connectivity index (χ0n) is 9.61. The lowest BCUT2D eigenvalue weighted by atomic mass is 10.1. The summed E-state index contributed by atoms with van der Waals surface area (Å²) in [7, 11) is -3.03. The van der Waals surface area contributed by atoms with Gasteiger partial charge in [0.25, 0.3) is 0 Å². The molecule has 1 unspecified atom stereocenters. The third kappa shape index (κ3) is 2.63. The molecule has 1 fully saturated rings. The normalized spacial score (nSPS) is 22.8. The molecule has 0 bridgehead atoms. The van der Waals surface area contributed by atoms with Crippen LogP contribution in [0.2, 0.25) is 0 Å². The molecule has 1 aliphatic heterocycles. The van der Waals surface area contributed by atoms with Crippen LogP contribution in [0.15, 0.2) is 6.20 Å². The quantitative estimate of drug-likeness (QED) is 0.809. The largest absolute Gasteiger partial charge is 0.504 e. The first kappa shape index (κ1) is 12.9. The van der Waals surface area contributed by atoms with Crippen LogP contribution in [0.4, 0.5) is 0 Å². The second-order valence-electron chi connectivity index (χ2n) is 4.49. The van der Waals surface area contributed by atoms with E-state index in [2.05, 4.69) is 5.10 Å². The molecule has 1 aromatic heterocycles. The Morgan fingerprint density at radius 2 is 2.28 bits per heavy atom. The van der Waals surface area contributed by atoms with Gasteiger partial charge in [-0.1, -0.05) is 0 Å². The summed E-state index contributed by atoms with van der Waals surface area (Å²) in [5.74, 6) is -1.59. The maximum absolute atomic E-state index is 11.5. The van der Waals surface area contributed by atoms with E-state index in [1.165, 1.54) is 0 Å². The fraction of sp³-hybridized carbons (Fsp3) is 0.600. The minimum absolute atomic E-state index is 0.0483. The number of carbonyl (C=O) groups is 1. The summed E-state index contributed by atoms with van der Waals surface area (Å²) in [6, 6.07) is 0. The topological polar surface area (TPSA) is 109 Å². The molecular weight excluding hydrogens is 260 g/mol. The smallest absolute Gasteiger partial charge is 0.358 e. The molecule has 0 amide bonds. The molecule has 2 heterocycles. The third-order valence-corrected chi connectivity index (χ3v) is 4.90. The second-order valence-corrected chi connectivity index (χ2v) is 6.72. The molecular formula is C10H14N2O5S. The van der Waals surface area contributed by atoms with Gasteiger partial charge in [0, 0.05) is 6.54 Å². The van der Waals surface area contributed by atoms with Gasteiger partial charge in [0.2, 0.25) is 0 Å². The Morgan fingerprint density at radius 1 is 1.56 bits per heavy atom. The maximum atomic E-state index is 11.5. The Bertz CT molecular complexity index is 563. The number of aromatic carboxylic acids is 1. The first-order valence-electron chi connectivity index (χ1n) is 5.57. The minimum atomic E-state index is -3.03. The Balaban J connectivity index is 2.17. The monoisotopic (exact) mass is 274 g/mol. The number of carboxylic acid groups (broad SMARTS) is 1. The van der Waals surface area contributed by atoms with Crippen molar-refractivity contribution in [2.75, 3.05) is 11.5 Å². The number of hydrogen-bond donors (Lipinski definition) is 2. The van der Waals surface area contributed by atoms with E-state index in [9.17, 15) is 18.3 Å². The summed E-state index contributed by atoms with van der Waals surface area (Å²) in [6.07, 6.45) is 2.36. The summed E-state index contributed by atoms with van der Waals surface area (Å²) < 4.78 is 24.1. The molecule has 1 aliphatic rings. The Kier molecular flexibility index (Phi) is 3.29.